The van der Waals surface area contributed by atoms with Crippen molar-refractivity contribution in [2.24, 2.45) is 0 Å². The van der Waals surface area contributed by atoms with Crippen LogP contribution in [0.4, 0.5) is 8.78 Å². The van der Waals surface area contributed by atoms with Crippen LogP contribution in [-0.4, -0.2) is 20.6 Å². The third-order valence-electron chi connectivity index (χ3n) is 12.7. The second kappa shape index (κ2) is 16.9. The minimum atomic E-state index is -0.750. The molecule has 54 heavy (non-hydrogen) atoms. The van der Waals surface area contributed by atoms with Crippen molar-refractivity contribution in [2.45, 2.75) is 167 Å². The van der Waals surface area contributed by atoms with Gasteiger partial charge >= 0.3 is 0 Å². The van der Waals surface area contributed by atoms with Gasteiger partial charge in [-0.3, -0.25) is 0 Å². The second-order valence-electron chi connectivity index (χ2n) is 16.0. The van der Waals surface area contributed by atoms with E-state index >= 15 is 8.78 Å². The minimum Gasteiger partial charge on any atom is -0.243 e. The van der Waals surface area contributed by atoms with Crippen LogP contribution in [0.2, 0.25) is 0 Å². The predicted octanol–water partition coefficient (Wildman–Crippen LogP) is 14.8. The van der Waals surface area contributed by atoms with Crippen LogP contribution < -0.4 is 0 Å². The fraction of sp³-hybridized carbons (Fsp3) is 0.591. The Morgan fingerprint density at radius 2 is 0.889 bits per heavy atom. The maximum atomic E-state index is 18.8. The van der Waals surface area contributed by atoms with E-state index in [2.05, 4.69) is 99.0 Å². The van der Waals surface area contributed by atoms with Crippen LogP contribution in [0.25, 0.3) is 44.3 Å². The van der Waals surface area contributed by atoms with E-state index in [0.29, 0.717) is 55.4 Å². The molecule has 2 aromatic heterocycles. The van der Waals surface area contributed by atoms with E-state index in [0.717, 1.165) is 148 Å². The largest absolute Gasteiger partial charge is 0.243 e. The number of fused-ring (bicyclic) bond motifs is 10. The lowest BCUT2D eigenvalue weighted by molar-refractivity contribution is 0.315. The first-order chi connectivity index (χ1) is 26.3. The van der Waals surface area contributed by atoms with Crippen LogP contribution in [0.3, 0.4) is 0 Å². The minimum absolute atomic E-state index is 0.319. The van der Waals surface area contributed by atoms with Crippen LogP contribution in [0.1, 0.15) is 178 Å². The van der Waals surface area contributed by atoms with Crippen LogP contribution in [0.5, 0.6) is 0 Å². The normalized spacial score (nSPS) is 15.0. The van der Waals surface area contributed by atoms with Crippen molar-refractivity contribution < 1.29 is 18.0 Å². The Bertz CT molecular complexity index is 1950. The van der Waals surface area contributed by atoms with Crippen molar-refractivity contribution in [3.05, 3.63) is 54.1 Å². The van der Waals surface area contributed by atoms with Gasteiger partial charge < -0.3 is 0 Å². The van der Waals surface area contributed by atoms with Crippen molar-refractivity contribution in [3.63, 3.8) is 0 Å². The molecule has 0 saturated carbocycles. The number of hydrogen-bond donors (Lipinski definition) is 0. The lowest BCUT2D eigenvalue weighted by Gasteiger charge is -2.35. The lowest BCUT2D eigenvalue weighted by Crippen LogP contribution is -2.29. The molecular formula is C44H54BrF2IN4O2. The average molecular weight is 916 g/mol. The molecule has 0 saturated heterocycles. The molecule has 6 nitrogen and oxygen atoms in total. The van der Waals surface area contributed by atoms with Crippen LogP contribution in [0, 0.1) is 15.2 Å². The van der Waals surface area contributed by atoms with Gasteiger partial charge in [-0.25, -0.2) is 18.0 Å². The average Bonchev–Trinajstić information content (AvgIpc) is 3.96. The molecule has 2 aliphatic rings. The van der Waals surface area contributed by atoms with Crippen molar-refractivity contribution in [3.8, 4) is 22.3 Å². The molecule has 0 aliphatic heterocycles. The molecule has 290 valence electrons. The third kappa shape index (κ3) is 6.54. The van der Waals surface area contributed by atoms with Gasteiger partial charge in [0.2, 0.25) is 0 Å². The zero-order valence-electron chi connectivity index (χ0n) is 32.4. The lowest BCUT2D eigenvalue weighted by atomic mass is 9.68. The molecule has 3 aromatic carbocycles. The number of hydrogen-bond acceptors (Lipinski definition) is 6. The van der Waals surface area contributed by atoms with E-state index in [1.54, 1.807) is 0 Å². The van der Waals surface area contributed by atoms with Crippen molar-refractivity contribution >= 4 is 60.6 Å². The molecule has 0 bridgehead atoms. The highest BCUT2D eigenvalue weighted by molar-refractivity contribution is 14.1. The third-order valence-corrected chi connectivity index (χ3v) is 14.1. The summed E-state index contributed by atoms with van der Waals surface area (Å²) in [5.74, 6) is -0.639. The molecule has 2 heterocycles. The van der Waals surface area contributed by atoms with Gasteiger partial charge in [0.15, 0.2) is 0 Å². The highest BCUT2D eigenvalue weighted by Gasteiger charge is 2.54. The van der Waals surface area contributed by atoms with Gasteiger partial charge in [-0.15, -0.1) is 0 Å². The summed E-state index contributed by atoms with van der Waals surface area (Å²) in [5.41, 5.74) is 5.60. The number of halogens is 4. The molecule has 10 heteroatoms. The van der Waals surface area contributed by atoms with E-state index in [1.807, 2.05) is 0 Å². The molecule has 0 unspecified atom stereocenters. The SMILES string of the molecule is CCCCCCC1(CCCCCC)c2cc(Br)c3nonc3c2-c2c(F)c3c(c(F)c21)-c1c(cc(I)c2nonc12)C3(CCCCCC)CCCCCC. The number of nitrogens with zero attached hydrogens (tertiary/aromatic N) is 4. The van der Waals surface area contributed by atoms with Crippen molar-refractivity contribution in [2.75, 3.05) is 0 Å². The first-order valence-electron chi connectivity index (χ1n) is 20.8. The number of aromatic nitrogens is 4. The highest BCUT2D eigenvalue weighted by atomic mass is 127. The molecule has 5 aromatic rings. The maximum Gasteiger partial charge on any atom is 0.150 e. The summed E-state index contributed by atoms with van der Waals surface area (Å²) in [7, 11) is 0. The van der Waals surface area contributed by atoms with Gasteiger partial charge in [0.25, 0.3) is 0 Å². The molecule has 0 amide bonds. The Morgan fingerprint density at radius 3 is 1.31 bits per heavy atom. The zero-order valence-corrected chi connectivity index (χ0v) is 36.2. The predicted molar refractivity (Wildman–Crippen MR) is 225 cm³/mol. The second-order valence-corrected chi connectivity index (χ2v) is 18.0. The molecule has 0 N–H and O–H groups in total. The summed E-state index contributed by atoms with van der Waals surface area (Å²) in [4.78, 5) is 0. The Kier molecular flexibility index (Phi) is 12.5. The Hall–Kier alpha value is -2.47. The number of benzene rings is 3. The van der Waals surface area contributed by atoms with E-state index in [9.17, 15) is 0 Å². The van der Waals surface area contributed by atoms with E-state index in [1.165, 1.54) is 0 Å². The Balaban J connectivity index is 1.58. The number of rotatable bonds is 20. The standard InChI is InChI=1S/C44H54BrF2IN4O2/c1-5-9-13-17-21-43(22-18-14-10-6-2)27-25-29(45)39-41(51-53-49-39)31(27)33-35(43)38(47)34-32-28(26-30(48)40-42(32)52-54-50-40)44(36(34)37(33)46,23-19-15-11-7-3)24-20-16-12-8-4/h25-26H,5-24H2,1-4H3. The van der Waals surface area contributed by atoms with E-state index in [-0.39, 0.29) is 11.6 Å². The smallest absolute Gasteiger partial charge is 0.150 e. The monoisotopic (exact) mass is 914 g/mol. The van der Waals surface area contributed by atoms with Crippen LogP contribution in [-0.2, 0) is 10.8 Å². The van der Waals surface area contributed by atoms with Crippen LogP contribution >= 0.6 is 38.5 Å². The fourth-order valence-electron chi connectivity index (χ4n) is 10.1. The summed E-state index contributed by atoms with van der Waals surface area (Å²) < 4.78 is 50.0. The fourth-order valence-corrected chi connectivity index (χ4v) is 11.3. The molecule has 7 rings (SSSR count). The molecular weight excluding hydrogens is 861 g/mol. The van der Waals surface area contributed by atoms with Gasteiger partial charge in [0, 0.05) is 52.3 Å². The van der Waals surface area contributed by atoms with Gasteiger partial charge in [-0.2, -0.15) is 0 Å². The van der Waals surface area contributed by atoms with Crippen molar-refractivity contribution in [1.29, 1.82) is 0 Å². The maximum absolute atomic E-state index is 18.8. The Morgan fingerprint density at radius 1 is 0.519 bits per heavy atom. The quantitative estimate of drug-likeness (QED) is 0.0572. The molecule has 0 atom stereocenters. The van der Waals surface area contributed by atoms with E-state index < -0.39 is 10.8 Å². The topological polar surface area (TPSA) is 77.8 Å². The first kappa shape index (κ1) is 39.8. The van der Waals surface area contributed by atoms with Gasteiger partial charge in [-0.1, -0.05) is 130 Å². The Labute approximate surface area is 340 Å². The molecule has 2 aliphatic carbocycles. The summed E-state index contributed by atoms with van der Waals surface area (Å²) in [6.45, 7) is 8.84. The molecule has 0 radical (unpaired) electrons. The van der Waals surface area contributed by atoms with Gasteiger partial charge in [0.05, 0.1) is 0 Å². The summed E-state index contributed by atoms with van der Waals surface area (Å²) >= 11 is 6.07. The van der Waals surface area contributed by atoms with E-state index in [4.69, 9.17) is 9.26 Å². The molecule has 0 fully saturated rings. The molecule has 0 spiro atoms. The van der Waals surface area contributed by atoms with Gasteiger partial charge in [-0.05, 0) is 108 Å². The summed E-state index contributed by atoms with van der Waals surface area (Å²) in [6, 6.07) is 4.21. The first-order valence-corrected chi connectivity index (χ1v) is 22.6. The number of unbranched alkanes of at least 4 members (excludes halogenated alkanes) is 12. The van der Waals surface area contributed by atoms with Crippen molar-refractivity contribution in [1.82, 2.24) is 20.6 Å². The summed E-state index contributed by atoms with van der Waals surface area (Å²) in [5, 5.41) is 17.4. The highest BCUT2D eigenvalue weighted by Crippen LogP contribution is 2.65. The summed E-state index contributed by atoms with van der Waals surface area (Å²) in [6.07, 6.45) is 19.5. The zero-order chi connectivity index (χ0) is 38.0. The van der Waals surface area contributed by atoms with Crippen LogP contribution in [0.15, 0.2) is 25.9 Å². The van der Waals surface area contributed by atoms with Gasteiger partial charge in [0.1, 0.15) is 33.7 Å².